The average molecular weight is 363 g/mol. The third-order valence-electron chi connectivity index (χ3n) is 3.33. The fourth-order valence-corrected chi connectivity index (χ4v) is 3.01. The molecule has 0 radical (unpaired) electrons. The standard InChI is InChI=1S/C17H13BrClNO/c18-14-6-3-7-16(13(14)10-20)21-17-9-8-15(19)11-4-1-2-5-12(11)17/h1-9H,10,20H2. The van der Waals surface area contributed by atoms with Crippen molar-refractivity contribution in [3.63, 3.8) is 0 Å². The van der Waals surface area contributed by atoms with Crippen LogP contribution < -0.4 is 10.5 Å². The molecule has 0 amide bonds. The Labute approximate surface area is 136 Å². The van der Waals surface area contributed by atoms with E-state index in [0.717, 1.165) is 32.3 Å². The lowest BCUT2D eigenvalue weighted by atomic mass is 10.1. The van der Waals surface area contributed by atoms with Crippen molar-refractivity contribution >= 4 is 38.3 Å². The number of hydrogen-bond acceptors (Lipinski definition) is 2. The highest BCUT2D eigenvalue weighted by atomic mass is 79.9. The number of rotatable bonds is 3. The molecule has 4 heteroatoms. The minimum atomic E-state index is 0.405. The zero-order valence-electron chi connectivity index (χ0n) is 11.1. The maximum absolute atomic E-state index is 6.23. The fourth-order valence-electron chi connectivity index (χ4n) is 2.27. The fraction of sp³-hybridized carbons (Fsp3) is 0.0588. The SMILES string of the molecule is NCc1c(Br)cccc1Oc1ccc(Cl)c2ccccc12. The predicted molar refractivity (Wildman–Crippen MR) is 91.1 cm³/mol. The van der Waals surface area contributed by atoms with Gasteiger partial charge < -0.3 is 10.5 Å². The van der Waals surface area contributed by atoms with Gasteiger partial charge in [-0.25, -0.2) is 0 Å². The van der Waals surface area contributed by atoms with Crippen molar-refractivity contribution < 1.29 is 4.74 Å². The summed E-state index contributed by atoms with van der Waals surface area (Å²) in [6, 6.07) is 17.4. The summed E-state index contributed by atoms with van der Waals surface area (Å²) in [7, 11) is 0. The number of ether oxygens (including phenoxy) is 1. The Hall–Kier alpha value is -1.55. The summed E-state index contributed by atoms with van der Waals surface area (Å²) in [6.07, 6.45) is 0. The van der Waals surface area contributed by atoms with E-state index < -0.39 is 0 Å². The first-order valence-corrected chi connectivity index (χ1v) is 7.70. The van der Waals surface area contributed by atoms with Crippen molar-refractivity contribution in [3.8, 4) is 11.5 Å². The quantitative estimate of drug-likeness (QED) is 0.667. The van der Waals surface area contributed by atoms with Crippen LogP contribution in [0.15, 0.2) is 59.1 Å². The molecule has 0 bridgehead atoms. The van der Waals surface area contributed by atoms with Gasteiger partial charge in [0.15, 0.2) is 0 Å². The first-order chi connectivity index (χ1) is 10.2. The minimum Gasteiger partial charge on any atom is -0.456 e. The molecule has 3 aromatic rings. The van der Waals surface area contributed by atoms with Crippen LogP contribution in [-0.4, -0.2) is 0 Å². The van der Waals surface area contributed by atoms with Gasteiger partial charge in [0.25, 0.3) is 0 Å². The topological polar surface area (TPSA) is 35.2 Å². The van der Waals surface area contributed by atoms with Crippen LogP contribution in [0.25, 0.3) is 10.8 Å². The van der Waals surface area contributed by atoms with Crippen LogP contribution in [0, 0.1) is 0 Å². The largest absolute Gasteiger partial charge is 0.456 e. The maximum Gasteiger partial charge on any atom is 0.135 e. The molecule has 0 aromatic heterocycles. The number of halogens is 2. The van der Waals surface area contributed by atoms with Crippen molar-refractivity contribution in [1.82, 2.24) is 0 Å². The molecule has 0 aliphatic heterocycles. The predicted octanol–water partition coefficient (Wildman–Crippen LogP) is 5.51. The maximum atomic E-state index is 6.23. The van der Waals surface area contributed by atoms with Crippen molar-refractivity contribution in [2.45, 2.75) is 6.54 Å². The summed E-state index contributed by atoms with van der Waals surface area (Å²) < 4.78 is 7.03. The first-order valence-electron chi connectivity index (χ1n) is 6.53. The second kappa shape index (κ2) is 6.06. The van der Waals surface area contributed by atoms with Gasteiger partial charge in [-0.15, -0.1) is 0 Å². The van der Waals surface area contributed by atoms with E-state index in [2.05, 4.69) is 15.9 Å². The van der Waals surface area contributed by atoms with Crippen LogP contribution in [0.2, 0.25) is 5.02 Å². The lowest BCUT2D eigenvalue weighted by Gasteiger charge is -2.13. The van der Waals surface area contributed by atoms with Gasteiger partial charge in [0.1, 0.15) is 11.5 Å². The smallest absolute Gasteiger partial charge is 0.135 e. The van der Waals surface area contributed by atoms with Gasteiger partial charge in [-0.05, 0) is 24.3 Å². The molecule has 0 aliphatic carbocycles. The molecular weight excluding hydrogens is 350 g/mol. The van der Waals surface area contributed by atoms with E-state index in [1.54, 1.807) is 0 Å². The molecule has 2 N–H and O–H groups in total. The molecule has 0 spiro atoms. The third-order valence-corrected chi connectivity index (χ3v) is 4.40. The molecule has 0 saturated heterocycles. The summed E-state index contributed by atoms with van der Waals surface area (Å²) >= 11 is 9.73. The van der Waals surface area contributed by atoms with Crippen LogP contribution >= 0.6 is 27.5 Å². The van der Waals surface area contributed by atoms with E-state index in [4.69, 9.17) is 22.1 Å². The molecule has 0 aliphatic rings. The number of fused-ring (bicyclic) bond motifs is 1. The first kappa shape index (κ1) is 14.4. The van der Waals surface area contributed by atoms with Crippen LogP contribution in [0.3, 0.4) is 0 Å². The lowest BCUT2D eigenvalue weighted by molar-refractivity contribution is 0.481. The Morgan fingerprint density at radius 3 is 2.43 bits per heavy atom. The van der Waals surface area contributed by atoms with E-state index in [-0.39, 0.29) is 0 Å². The van der Waals surface area contributed by atoms with Gasteiger partial charge in [-0.1, -0.05) is 57.9 Å². The Kier molecular flexibility index (Phi) is 4.15. The molecule has 106 valence electrons. The summed E-state index contributed by atoms with van der Waals surface area (Å²) in [6.45, 7) is 0.405. The average Bonchev–Trinajstić information content (AvgIpc) is 2.51. The molecule has 0 heterocycles. The number of nitrogens with two attached hydrogens (primary N) is 1. The second-order valence-electron chi connectivity index (χ2n) is 4.61. The van der Waals surface area contributed by atoms with E-state index in [9.17, 15) is 0 Å². The van der Waals surface area contributed by atoms with E-state index in [1.165, 1.54) is 0 Å². The molecule has 21 heavy (non-hydrogen) atoms. The molecule has 2 nitrogen and oxygen atoms in total. The summed E-state index contributed by atoms with van der Waals surface area (Å²) in [5, 5.41) is 2.67. The van der Waals surface area contributed by atoms with Gasteiger partial charge in [-0.3, -0.25) is 0 Å². The number of hydrogen-bond donors (Lipinski definition) is 1. The molecule has 0 unspecified atom stereocenters. The van der Waals surface area contributed by atoms with Crippen LogP contribution in [0.1, 0.15) is 5.56 Å². The Morgan fingerprint density at radius 2 is 1.67 bits per heavy atom. The highest BCUT2D eigenvalue weighted by molar-refractivity contribution is 9.10. The normalized spacial score (nSPS) is 10.8. The highest BCUT2D eigenvalue weighted by Gasteiger charge is 2.10. The summed E-state index contributed by atoms with van der Waals surface area (Å²) in [5.74, 6) is 1.52. The van der Waals surface area contributed by atoms with Crippen molar-refractivity contribution in [2.24, 2.45) is 5.73 Å². The monoisotopic (exact) mass is 361 g/mol. The highest BCUT2D eigenvalue weighted by Crippen LogP contribution is 2.36. The molecule has 0 saturated carbocycles. The van der Waals surface area contributed by atoms with Crippen molar-refractivity contribution in [2.75, 3.05) is 0 Å². The van der Waals surface area contributed by atoms with Crippen LogP contribution in [0.5, 0.6) is 11.5 Å². The van der Waals surface area contributed by atoms with Gasteiger partial charge in [0, 0.05) is 32.4 Å². The van der Waals surface area contributed by atoms with Crippen molar-refractivity contribution in [1.29, 1.82) is 0 Å². The Balaban J connectivity index is 2.11. The molecule has 3 rings (SSSR count). The van der Waals surface area contributed by atoms with Gasteiger partial charge >= 0.3 is 0 Å². The zero-order valence-corrected chi connectivity index (χ0v) is 13.5. The van der Waals surface area contributed by atoms with Gasteiger partial charge in [-0.2, -0.15) is 0 Å². The zero-order chi connectivity index (χ0) is 14.8. The minimum absolute atomic E-state index is 0.405. The third kappa shape index (κ3) is 2.77. The van der Waals surface area contributed by atoms with E-state index in [1.807, 2.05) is 54.6 Å². The molecule has 0 fully saturated rings. The molecule has 0 atom stereocenters. The van der Waals surface area contributed by atoms with E-state index >= 15 is 0 Å². The molecule has 3 aromatic carbocycles. The van der Waals surface area contributed by atoms with E-state index in [0.29, 0.717) is 11.6 Å². The van der Waals surface area contributed by atoms with Gasteiger partial charge in [0.05, 0.1) is 0 Å². The Morgan fingerprint density at radius 1 is 0.905 bits per heavy atom. The van der Waals surface area contributed by atoms with Gasteiger partial charge in [0.2, 0.25) is 0 Å². The second-order valence-corrected chi connectivity index (χ2v) is 5.88. The van der Waals surface area contributed by atoms with Crippen molar-refractivity contribution in [3.05, 3.63) is 69.7 Å². The summed E-state index contributed by atoms with van der Waals surface area (Å²) in [4.78, 5) is 0. The van der Waals surface area contributed by atoms with Crippen LogP contribution in [-0.2, 0) is 6.54 Å². The Bertz CT molecular complexity index is 804. The van der Waals surface area contributed by atoms with Crippen LogP contribution in [0.4, 0.5) is 0 Å². The lowest BCUT2D eigenvalue weighted by Crippen LogP contribution is -2.00. The number of benzene rings is 3. The summed E-state index contributed by atoms with van der Waals surface area (Å²) in [5.41, 5.74) is 6.75. The molecular formula is C17H13BrClNO.